The van der Waals surface area contributed by atoms with Crippen LogP contribution in [-0.2, 0) is 4.74 Å². The molecule has 0 unspecified atom stereocenters. The zero-order chi connectivity index (χ0) is 14.4. The monoisotopic (exact) mass is 276 g/mol. The summed E-state index contributed by atoms with van der Waals surface area (Å²) in [5, 5.41) is 0. The number of ether oxygens (including phenoxy) is 2. The summed E-state index contributed by atoms with van der Waals surface area (Å²) in [6.45, 7) is 5.32. The van der Waals surface area contributed by atoms with E-state index in [1.165, 1.54) is 0 Å². The molecule has 110 valence electrons. The van der Waals surface area contributed by atoms with Gasteiger partial charge in [-0.2, -0.15) is 0 Å². The van der Waals surface area contributed by atoms with Gasteiger partial charge in [-0.05, 0) is 63.3 Å². The minimum Gasteiger partial charge on any atom is -0.494 e. The van der Waals surface area contributed by atoms with E-state index in [0.29, 0.717) is 13.2 Å². The third-order valence-corrected chi connectivity index (χ3v) is 3.84. The van der Waals surface area contributed by atoms with Crippen molar-refractivity contribution < 1.29 is 14.3 Å². The van der Waals surface area contributed by atoms with Crippen LogP contribution in [0.25, 0.3) is 0 Å². The van der Waals surface area contributed by atoms with Gasteiger partial charge in [-0.15, -0.1) is 0 Å². The predicted octanol–water partition coefficient (Wildman–Crippen LogP) is 4.01. The molecule has 0 aromatic heterocycles. The number of carbonyl (C=O) groups is 1. The molecule has 0 spiro atoms. The normalized spacial score (nSPS) is 17.1. The summed E-state index contributed by atoms with van der Waals surface area (Å²) in [6, 6.07) is 7.45. The van der Waals surface area contributed by atoms with Gasteiger partial charge in [0.1, 0.15) is 11.4 Å². The van der Waals surface area contributed by atoms with Gasteiger partial charge in [-0.1, -0.05) is 6.92 Å². The maximum atomic E-state index is 12.7. The minimum atomic E-state index is -0.583. The van der Waals surface area contributed by atoms with Crippen molar-refractivity contribution in [1.29, 1.82) is 0 Å². The topological polar surface area (TPSA) is 35.5 Å². The van der Waals surface area contributed by atoms with Crippen LogP contribution in [0, 0.1) is 0 Å². The lowest BCUT2D eigenvalue weighted by Gasteiger charge is -2.27. The van der Waals surface area contributed by atoms with Crippen molar-refractivity contribution in [2.75, 3.05) is 13.2 Å². The second kappa shape index (κ2) is 6.89. The molecule has 1 aromatic rings. The summed E-state index contributed by atoms with van der Waals surface area (Å²) in [5.41, 5.74) is 0.143. The Balaban J connectivity index is 2.11. The van der Waals surface area contributed by atoms with Gasteiger partial charge < -0.3 is 9.47 Å². The molecule has 0 N–H and O–H groups in total. The van der Waals surface area contributed by atoms with Crippen molar-refractivity contribution in [3.63, 3.8) is 0 Å². The molecule has 1 aliphatic rings. The molecule has 1 aliphatic carbocycles. The number of hydrogen-bond donors (Lipinski definition) is 0. The zero-order valence-electron chi connectivity index (χ0n) is 12.5. The Kier molecular flexibility index (Phi) is 5.18. The van der Waals surface area contributed by atoms with E-state index in [2.05, 4.69) is 6.92 Å². The molecular weight excluding hydrogens is 252 g/mol. The van der Waals surface area contributed by atoms with Gasteiger partial charge in [-0.3, -0.25) is 4.79 Å². The Morgan fingerprint density at radius 2 is 1.80 bits per heavy atom. The van der Waals surface area contributed by atoms with Crippen molar-refractivity contribution in [1.82, 2.24) is 0 Å². The molecule has 0 saturated heterocycles. The van der Waals surface area contributed by atoms with Crippen LogP contribution in [0.4, 0.5) is 0 Å². The predicted molar refractivity (Wildman–Crippen MR) is 79.4 cm³/mol. The first-order valence-corrected chi connectivity index (χ1v) is 7.63. The van der Waals surface area contributed by atoms with Gasteiger partial charge in [0.05, 0.1) is 6.61 Å². The molecular formula is C17H24O3. The van der Waals surface area contributed by atoms with E-state index in [1.54, 1.807) is 0 Å². The van der Waals surface area contributed by atoms with Crippen LogP contribution in [0.3, 0.4) is 0 Å². The fourth-order valence-electron chi connectivity index (χ4n) is 2.84. The highest BCUT2D eigenvalue weighted by molar-refractivity contribution is 6.02. The molecule has 3 nitrogen and oxygen atoms in total. The van der Waals surface area contributed by atoms with E-state index < -0.39 is 5.60 Å². The Bertz CT molecular complexity index is 430. The lowest BCUT2D eigenvalue weighted by Crippen LogP contribution is -2.38. The smallest absolute Gasteiger partial charge is 0.194 e. The lowest BCUT2D eigenvalue weighted by atomic mass is 9.91. The molecule has 3 heteroatoms. The molecule has 20 heavy (non-hydrogen) atoms. The number of hydrogen-bond acceptors (Lipinski definition) is 3. The lowest BCUT2D eigenvalue weighted by molar-refractivity contribution is -0.0163. The Morgan fingerprint density at radius 3 is 2.35 bits per heavy atom. The number of carbonyl (C=O) groups excluding carboxylic acids is 1. The average Bonchev–Trinajstić information content (AvgIpc) is 2.95. The summed E-state index contributed by atoms with van der Waals surface area (Å²) >= 11 is 0. The fraction of sp³-hybridized carbons (Fsp3) is 0.588. The van der Waals surface area contributed by atoms with Crippen molar-refractivity contribution >= 4 is 5.78 Å². The van der Waals surface area contributed by atoms with Gasteiger partial charge in [0, 0.05) is 12.2 Å². The largest absolute Gasteiger partial charge is 0.494 e. The van der Waals surface area contributed by atoms with Crippen LogP contribution >= 0.6 is 0 Å². The number of Topliss-reactive ketones (excluding diaryl/α,β-unsaturated/α-hetero) is 1. The Morgan fingerprint density at radius 1 is 1.15 bits per heavy atom. The average molecular weight is 276 g/mol. The number of rotatable bonds is 7. The van der Waals surface area contributed by atoms with Crippen molar-refractivity contribution in [3.8, 4) is 5.75 Å². The second-order valence-electron chi connectivity index (χ2n) is 5.34. The molecule has 0 amide bonds. The third kappa shape index (κ3) is 3.21. The minimum absolute atomic E-state index is 0.124. The number of ketones is 1. The van der Waals surface area contributed by atoms with E-state index >= 15 is 0 Å². The highest BCUT2D eigenvalue weighted by Gasteiger charge is 2.42. The molecule has 0 radical (unpaired) electrons. The number of benzene rings is 1. The van der Waals surface area contributed by atoms with Crippen molar-refractivity contribution in [2.45, 2.75) is 51.6 Å². The third-order valence-electron chi connectivity index (χ3n) is 3.84. The summed E-state index contributed by atoms with van der Waals surface area (Å²) in [7, 11) is 0. The first-order chi connectivity index (χ1) is 9.72. The molecule has 2 rings (SSSR count). The summed E-state index contributed by atoms with van der Waals surface area (Å²) in [5.74, 6) is 0.944. The van der Waals surface area contributed by atoms with Gasteiger partial charge in [0.15, 0.2) is 5.78 Å². The Hall–Kier alpha value is -1.35. The molecule has 0 heterocycles. The van der Waals surface area contributed by atoms with E-state index in [9.17, 15) is 4.79 Å². The highest BCUT2D eigenvalue weighted by Crippen LogP contribution is 2.36. The summed E-state index contributed by atoms with van der Waals surface area (Å²) in [6.07, 6.45) is 4.81. The van der Waals surface area contributed by atoms with E-state index in [1.807, 2.05) is 31.2 Å². The quantitative estimate of drug-likeness (QED) is 0.706. The maximum Gasteiger partial charge on any atom is 0.194 e. The van der Waals surface area contributed by atoms with E-state index in [-0.39, 0.29) is 5.78 Å². The van der Waals surface area contributed by atoms with Crippen molar-refractivity contribution in [3.05, 3.63) is 29.8 Å². The Labute approximate surface area is 121 Å². The maximum absolute atomic E-state index is 12.7. The molecule has 1 aromatic carbocycles. The fourth-order valence-corrected chi connectivity index (χ4v) is 2.84. The van der Waals surface area contributed by atoms with Gasteiger partial charge in [0.25, 0.3) is 0 Å². The molecule has 0 bridgehead atoms. The van der Waals surface area contributed by atoms with Crippen molar-refractivity contribution in [2.24, 2.45) is 0 Å². The van der Waals surface area contributed by atoms with Crippen LogP contribution in [0.1, 0.15) is 56.3 Å². The van der Waals surface area contributed by atoms with Gasteiger partial charge >= 0.3 is 0 Å². The molecule has 0 aliphatic heterocycles. The highest BCUT2D eigenvalue weighted by atomic mass is 16.5. The van der Waals surface area contributed by atoms with Crippen LogP contribution in [0.2, 0.25) is 0 Å². The van der Waals surface area contributed by atoms with E-state index in [4.69, 9.17) is 9.47 Å². The SMILES string of the molecule is CCCOc1ccc(C(=O)C2(OCC)CCCC2)cc1. The van der Waals surface area contributed by atoms with Crippen LogP contribution in [0.5, 0.6) is 5.75 Å². The van der Waals surface area contributed by atoms with Crippen LogP contribution < -0.4 is 4.74 Å². The van der Waals surface area contributed by atoms with Gasteiger partial charge in [-0.25, -0.2) is 0 Å². The van der Waals surface area contributed by atoms with Crippen LogP contribution in [-0.4, -0.2) is 24.6 Å². The first kappa shape index (κ1) is 15.0. The zero-order valence-corrected chi connectivity index (χ0v) is 12.5. The first-order valence-electron chi connectivity index (χ1n) is 7.63. The molecule has 1 saturated carbocycles. The summed E-state index contributed by atoms with van der Waals surface area (Å²) in [4.78, 5) is 12.7. The van der Waals surface area contributed by atoms with Crippen LogP contribution in [0.15, 0.2) is 24.3 Å². The standard InChI is InChI=1S/C17H24O3/c1-3-13-19-15-9-7-14(8-10-15)16(18)17(20-4-2)11-5-6-12-17/h7-10H,3-6,11-13H2,1-2H3. The van der Waals surface area contributed by atoms with Gasteiger partial charge in [0.2, 0.25) is 0 Å². The second-order valence-corrected chi connectivity index (χ2v) is 5.34. The molecule has 1 fully saturated rings. The molecule has 0 atom stereocenters. The van der Waals surface area contributed by atoms with E-state index in [0.717, 1.165) is 43.4 Å². The summed E-state index contributed by atoms with van der Waals surface area (Å²) < 4.78 is 11.4.